The lowest BCUT2D eigenvalue weighted by atomic mass is 10.1. The Morgan fingerprint density at radius 2 is 1.95 bits per heavy atom. The van der Waals surface area contributed by atoms with Gasteiger partial charge in [0.05, 0.1) is 5.69 Å². The summed E-state index contributed by atoms with van der Waals surface area (Å²) in [5, 5.41) is 4.26. The van der Waals surface area contributed by atoms with Crippen LogP contribution in [0.1, 0.15) is 0 Å². The lowest BCUT2D eigenvalue weighted by molar-refractivity contribution is -0.0328. The number of rotatable bonds is 2. The first-order valence-electron chi connectivity index (χ1n) is 5.89. The number of thioether (sulfide) groups is 1. The summed E-state index contributed by atoms with van der Waals surface area (Å²) in [5.74, 6) is 0.409. The van der Waals surface area contributed by atoms with Crippen LogP contribution in [0, 0.1) is 0 Å². The molecule has 2 heterocycles. The Labute approximate surface area is 121 Å². The number of nitrogen functional groups attached to an aromatic ring is 1. The molecule has 0 spiro atoms. The fraction of sp³-hybridized carbons (Fsp3) is 0.0769. The summed E-state index contributed by atoms with van der Waals surface area (Å²) in [6.45, 7) is 0. The highest BCUT2D eigenvalue weighted by Gasteiger charge is 2.29. The molecule has 21 heavy (non-hydrogen) atoms. The molecule has 0 unspecified atom stereocenters. The summed E-state index contributed by atoms with van der Waals surface area (Å²) in [5.41, 5.74) is 3.09. The number of hydrogen-bond donors (Lipinski definition) is 1. The molecule has 0 aliphatic carbocycles. The molecule has 2 N–H and O–H groups in total. The van der Waals surface area contributed by atoms with E-state index in [9.17, 15) is 13.2 Å². The molecule has 0 saturated carbocycles. The Balaban J connectivity index is 2.02. The summed E-state index contributed by atoms with van der Waals surface area (Å²) < 4.78 is 38.7. The Bertz CT molecular complexity index is 797. The van der Waals surface area contributed by atoms with E-state index in [1.165, 1.54) is 16.6 Å². The maximum Gasteiger partial charge on any atom is 0.446 e. The Hall–Kier alpha value is -2.22. The van der Waals surface area contributed by atoms with E-state index in [4.69, 9.17) is 5.73 Å². The van der Waals surface area contributed by atoms with Gasteiger partial charge in [0, 0.05) is 22.7 Å². The Morgan fingerprint density at radius 1 is 1.14 bits per heavy atom. The second-order valence-corrected chi connectivity index (χ2v) is 5.38. The van der Waals surface area contributed by atoms with Gasteiger partial charge in [-0.3, -0.25) is 0 Å². The molecule has 3 rings (SSSR count). The van der Waals surface area contributed by atoms with Gasteiger partial charge in [0.2, 0.25) is 0 Å². The van der Waals surface area contributed by atoms with Gasteiger partial charge in [0.25, 0.3) is 0 Å². The van der Waals surface area contributed by atoms with Crippen LogP contribution in [-0.2, 0) is 0 Å². The van der Waals surface area contributed by atoms with Crippen molar-refractivity contribution in [3.05, 3.63) is 42.6 Å². The molecule has 3 aromatic rings. The average molecular weight is 310 g/mol. The largest absolute Gasteiger partial charge is 0.446 e. The van der Waals surface area contributed by atoms with Crippen molar-refractivity contribution in [2.45, 2.75) is 10.4 Å². The van der Waals surface area contributed by atoms with Crippen LogP contribution in [0.4, 0.5) is 19.0 Å². The number of nitrogens with two attached hydrogens (primary N) is 1. The number of alkyl halides is 3. The molecule has 2 aromatic heterocycles. The summed E-state index contributed by atoms with van der Waals surface area (Å²) >= 11 is -0.155. The molecule has 0 saturated heterocycles. The zero-order valence-electron chi connectivity index (χ0n) is 10.5. The molecule has 0 aliphatic heterocycles. The molecular weight excluding hydrogens is 301 g/mol. The third-order valence-electron chi connectivity index (χ3n) is 2.75. The van der Waals surface area contributed by atoms with Crippen LogP contribution in [0.3, 0.4) is 0 Å². The number of anilines is 1. The number of aromatic nitrogens is 3. The average Bonchev–Trinajstić information content (AvgIpc) is 2.82. The fourth-order valence-corrected chi connectivity index (χ4v) is 2.51. The van der Waals surface area contributed by atoms with Crippen molar-refractivity contribution in [1.82, 2.24) is 14.6 Å². The summed E-state index contributed by atoms with van der Waals surface area (Å²) in [6, 6.07) is 9.37. The van der Waals surface area contributed by atoms with Gasteiger partial charge in [0.1, 0.15) is 5.82 Å². The van der Waals surface area contributed by atoms with Crippen molar-refractivity contribution in [3.8, 4) is 11.3 Å². The minimum atomic E-state index is -4.32. The van der Waals surface area contributed by atoms with E-state index in [1.54, 1.807) is 30.5 Å². The van der Waals surface area contributed by atoms with E-state index in [0.29, 0.717) is 22.7 Å². The summed E-state index contributed by atoms with van der Waals surface area (Å²) in [6.07, 6.45) is 1.55. The number of fused-ring (bicyclic) bond motifs is 1. The van der Waals surface area contributed by atoms with Crippen LogP contribution in [0.5, 0.6) is 0 Å². The highest BCUT2D eigenvalue weighted by Crippen LogP contribution is 2.38. The first kappa shape index (κ1) is 13.7. The third kappa shape index (κ3) is 2.94. The predicted octanol–water partition coefficient (Wildman–Crippen LogP) is 3.59. The van der Waals surface area contributed by atoms with Gasteiger partial charge in [0.15, 0.2) is 5.65 Å². The van der Waals surface area contributed by atoms with Gasteiger partial charge < -0.3 is 5.73 Å². The van der Waals surface area contributed by atoms with Crippen LogP contribution >= 0.6 is 11.8 Å². The Morgan fingerprint density at radius 3 is 2.67 bits per heavy atom. The van der Waals surface area contributed by atoms with Crippen molar-refractivity contribution < 1.29 is 13.2 Å². The second kappa shape index (κ2) is 4.96. The second-order valence-electron chi connectivity index (χ2n) is 4.24. The minimum absolute atomic E-state index is 0.109. The first-order valence-corrected chi connectivity index (χ1v) is 6.70. The van der Waals surface area contributed by atoms with Crippen molar-refractivity contribution in [3.63, 3.8) is 0 Å². The number of halogens is 3. The molecule has 0 amide bonds. The van der Waals surface area contributed by atoms with E-state index in [2.05, 4.69) is 10.1 Å². The van der Waals surface area contributed by atoms with E-state index in [0.717, 1.165) is 0 Å². The molecule has 0 aliphatic rings. The molecule has 8 heteroatoms. The van der Waals surface area contributed by atoms with E-state index in [-0.39, 0.29) is 16.7 Å². The number of nitrogens with zero attached hydrogens (tertiary/aromatic N) is 3. The van der Waals surface area contributed by atoms with Crippen molar-refractivity contribution in [2.24, 2.45) is 0 Å². The summed E-state index contributed by atoms with van der Waals surface area (Å²) in [7, 11) is 0. The standard InChI is InChI=1S/C13H9F3N4S/c14-13(15,16)21-9-3-1-2-8(6-9)10-7-12-18-5-4-11(17)20(12)19-10/h1-7H,17H2. The van der Waals surface area contributed by atoms with Gasteiger partial charge in [-0.1, -0.05) is 12.1 Å². The maximum absolute atomic E-state index is 12.4. The number of hydrogen-bond acceptors (Lipinski definition) is 4. The van der Waals surface area contributed by atoms with Crippen LogP contribution in [-0.4, -0.2) is 20.1 Å². The smallest absolute Gasteiger partial charge is 0.384 e. The van der Waals surface area contributed by atoms with Gasteiger partial charge in [-0.25, -0.2) is 4.98 Å². The van der Waals surface area contributed by atoms with E-state index >= 15 is 0 Å². The highest BCUT2D eigenvalue weighted by molar-refractivity contribution is 8.00. The van der Waals surface area contributed by atoms with Gasteiger partial charge >= 0.3 is 5.51 Å². The zero-order valence-corrected chi connectivity index (χ0v) is 11.3. The van der Waals surface area contributed by atoms with Crippen LogP contribution in [0.25, 0.3) is 16.9 Å². The molecular formula is C13H9F3N4S. The van der Waals surface area contributed by atoms with E-state index < -0.39 is 5.51 Å². The lowest BCUT2D eigenvalue weighted by Crippen LogP contribution is -1.99. The fourth-order valence-electron chi connectivity index (χ4n) is 1.91. The molecule has 108 valence electrons. The molecule has 0 fully saturated rings. The van der Waals surface area contributed by atoms with Crippen LogP contribution in [0.2, 0.25) is 0 Å². The molecule has 0 radical (unpaired) electrons. The van der Waals surface area contributed by atoms with Gasteiger partial charge in [-0.05, 0) is 30.0 Å². The normalized spacial score (nSPS) is 12.0. The van der Waals surface area contributed by atoms with Crippen molar-refractivity contribution >= 4 is 23.2 Å². The lowest BCUT2D eigenvalue weighted by Gasteiger charge is -2.06. The zero-order chi connectivity index (χ0) is 15.0. The van der Waals surface area contributed by atoms with Crippen molar-refractivity contribution in [1.29, 1.82) is 0 Å². The topological polar surface area (TPSA) is 56.2 Å². The molecule has 4 nitrogen and oxygen atoms in total. The monoisotopic (exact) mass is 310 g/mol. The quantitative estimate of drug-likeness (QED) is 0.735. The molecule has 0 bridgehead atoms. The first-order chi connectivity index (χ1) is 9.92. The molecule has 1 aromatic carbocycles. The van der Waals surface area contributed by atoms with Gasteiger partial charge in [-0.15, -0.1) is 0 Å². The van der Waals surface area contributed by atoms with Crippen LogP contribution < -0.4 is 5.73 Å². The molecule has 0 atom stereocenters. The Kier molecular flexibility index (Phi) is 3.25. The van der Waals surface area contributed by atoms with Gasteiger partial charge in [-0.2, -0.15) is 22.8 Å². The number of benzene rings is 1. The van der Waals surface area contributed by atoms with E-state index in [1.807, 2.05) is 0 Å². The predicted molar refractivity (Wildman–Crippen MR) is 74.7 cm³/mol. The SMILES string of the molecule is Nc1ccnc2cc(-c3cccc(SC(F)(F)F)c3)nn12. The summed E-state index contributed by atoms with van der Waals surface area (Å²) in [4.78, 5) is 4.21. The van der Waals surface area contributed by atoms with Crippen LogP contribution in [0.15, 0.2) is 47.5 Å². The third-order valence-corrected chi connectivity index (χ3v) is 3.47. The minimum Gasteiger partial charge on any atom is -0.384 e. The maximum atomic E-state index is 12.4. The van der Waals surface area contributed by atoms with Crippen molar-refractivity contribution in [2.75, 3.05) is 5.73 Å². The highest BCUT2D eigenvalue weighted by atomic mass is 32.2.